The highest BCUT2D eigenvalue weighted by atomic mass is 32.1. The van der Waals surface area contributed by atoms with Gasteiger partial charge in [0.25, 0.3) is 5.91 Å². The van der Waals surface area contributed by atoms with Crippen LogP contribution in [0.25, 0.3) is 0 Å². The molecule has 1 aliphatic rings. The summed E-state index contributed by atoms with van der Waals surface area (Å²) in [5.41, 5.74) is 1.09. The number of aryl methyl sites for hydroxylation is 1. The summed E-state index contributed by atoms with van der Waals surface area (Å²) in [5, 5.41) is 5.13. The van der Waals surface area contributed by atoms with Gasteiger partial charge in [0.05, 0.1) is 6.04 Å². The molecular formula is C18H23N3O2S. The number of carbonyl (C=O) groups is 2. The Hall–Kier alpha value is -1.92. The number of nitrogens with one attached hydrogen (secondary N) is 1. The summed E-state index contributed by atoms with van der Waals surface area (Å²) in [6.45, 7) is 4.26. The van der Waals surface area contributed by atoms with Gasteiger partial charge in [0.1, 0.15) is 5.69 Å². The van der Waals surface area contributed by atoms with Gasteiger partial charge in [0, 0.05) is 30.2 Å². The van der Waals surface area contributed by atoms with Crippen LogP contribution in [0.1, 0.15) is 51.5 Å². The molecule has 0 aliphatic carbocycles. The van der Waals surface area contributed by atoms with Crippen LogP contribution in [0.2, 0.25) is 0 Å². The highest BCUT2D eigenvalue weighted by Crippen LogP contribution is 2.27. The van der Waals surface area contributed by atoms with Crippen molar-refractivity contribution in [2.24, 2.45) is 7.05 Å². The van der Waals surface area contributed by atoms with Crippen molar-refractivity contribution in [1.29, 1.82) is 0 Å². The van der Waals surface area contributed by atoms with E-state index in [1.807, 2.05) is 0 Å². The molecule has 1 unspecified atom stereocenters. The molecule has 2 aromatic rings. The minimum Gasteiger partial charge on any atom is -0.349 e. The Morgan fingerprint density at radius 2 is 2.08 bits per heavy atom. The molecule has 1 saturated heterocycles. The Morgan fingerprint density at radius 3 is 2.67 bits per heavy atom. The van der Waals surface area contributed by atoms with Gasteiger partial charge >= 0.3 is 0 Å². The van der Waals surface area contributed by atoms with E-state index in [2.05, 4.69) is 27.7 Å². The number of nitrogens with zero attached hydrogens (tertiary/aromatic N) is 2. The van der Waals surface area contributed by atoms with Gasteiger partial charge in [-0.1, -0.05) is 6.07 Å². The van der Waals surface area contributed by atoms with Gasteiger partial charge in [-0.15, -0.1) is 11.3 Å². The van der Waals surface area contributed by atoms with Crippen molar-refractivity contribution in [3.8, 4) is 0 Å². The lowest BCUT2D eigenvalue weighted by Gasteiger charge is -2.26. The Bertz CT molecular complexity index is 715. The number of Topliss-reactive ketones (excluding diaryl/α,β-unsaturated/α-hetero) is 1. The predicted octanol–water partition coefficient (Wildman–Crippen LogP) is 2.86. The molecule has 0 spiro atoms. The van der Waals surface area contributed by atoms with Crippen molar-refractivity contribution in [2.45, 2.75) is 25.8 Å². The van der Waals surface area contributed by atoms with E-state index in [1.165, 1.54) is 24.6 Å². The normalized spacial score (nSPS) is 16.2. The number of hydrogen-bond acceptors (Lipinski definition) is 4. The standard InChI is InChI=1S/C18H23N3O2S/c1-13(22)14-10-15(20(2)12-14)18(23)19-11-16(17-6-5-9-24-17)21-7-3-4-8-21/h5-6,9-10,12,16H,3-4,7-8,11H2,1-2H3,(H,19,23). The summed E-state index contributed by atoms with van der Waals surface area (Å²) in [6, 6.07) is 6.08. The summed E-state index contributed by atoms with van der Waals surface area (Å²) in [7, 11) is 1.79. The molecule has 0 saturated carbocycles. The van der Waals surface area contributed by atoms with E-state index in [0.29, 0.717) is 17.8 Å². The van der Waals surface area contributed by atoms with Crippen molar-refractivity contribution < 1.29 is 9.59 Å². The molecule has 128 valence electrons. The van der Waals surface area contributed by atoms with Gasteiger partial charge in [0.2, 0.25) is 0 Å². The summed E-state index contributed by atoms with van der Waals surface area (Å²) in [4.78, 5) is 27.7. The molecule has 0 aromatic carbocycles. The van der Waals surface area contributed by atoms with Gasteiger partial charge in [0.15, 0.2) is 5.78 Å². The molecule has 1 atom stereocenters. The number of carbonyl (C=O) groups excluding carboxylic acids is 2. The number of amides is 1. The zero-order valence-electron chi connectivity index (χ0n) is 14.1. The molecule has 1 N–H and O–H groups in total. The summed E-state index contributed by atoms with van der Waals surface area (Å²) < 4.78 is 1.71. The second-order valence-corrected chi connectivity index (χ2v) is 7.24. The molecule has 1 amide bonds. The monoisotopic (exact) mass is 345 g/mol. The fourth-order valence-electron chi connectivity index (χ4n) is 3.21. The first kappa shape index (κ1) is 16.9. The van der Waals surface area contributed by atoms with Crippen molar-refractivity contribution in [3.63, 3.8) is 0 Å². The zero-order valence-corrected chi connectivity index (χ0v) is 14.9. The van der Waals surface area contributed by atoms with Gasteiger partial charge in [-0.2, -0.15) is 0 Å². The SMILES string of the molecule is CC(=O)c1cc(C(=O)NCC(c2cccs2)N2CCCC2)n(C)c1. The topological polar surface area (TPSA) is 54.3 Å². The molecule has 1 aliphatic heterocycles. The predicted molar refractivity (Wildman–Crippen MR) is 95.6 cm³/mol. The lowest BCUT2D eigenvalue weighted by Crippen LogP contribution is -2.36. The van der Waals surface area contributed by atoms with Gasteiger partial charge < -0.3 is 9.88 Å². The van der Waals surface area contributed by atoms with Crippen molar-refractivity contribution >= 4 is 23.0 Å². The number of rotatable bonds is 6. The molecule has 0 bridgehead atoms. The number of likely N-dealkylation sites (tertiary alicyclic amines) is 1. The van der Waals surface area contributed by atoms with Crippen LogP contribution in [0.3, 0.4) is 0 Å². The Kier molecular flexibility index (Phi) is 5.16. The van der Waals surface area contributed by atoms with Crippen LogP contribution in [0.4, 0.5) is 0 Å². The fraction of sp³-hybridized carbons (Fsp3) is 0.444. The smallest absolute Gasteiger partial charge is 0.267 e. The van der Waals surface area contributed by atoms with Crippen LogP contribution in [0, 0.1) is 0 Å². The van der Waals surface area contributed by atoms with Crippen LogP contribution in [0.5, 0.6) is 0 Å². The Morgan fingerprint density at radius 1 is 1.33 bits per heavy atom. The average molecular weight is 345 g/mol. The quantitative estimate of drug-likeness (QED) is 0.819. The minimum atomic E-state index is -0.134. The van der Waals surface area contributed by atoms with Crippen LogP contribution < -0.4 is 5.32 Å². The summed E-state index contributed by atoms with van der Waals surface area (Å²) >= 11 is 1.73. The van der Waals surface area contributed by atoms with E-state index < -0.39 is 0 Å². The molecule has 5 nitrogen and oxygen atoms in total. The van der Waals surface area contributed by atoms with Crippen molar-refractivity contribution in [2.75, 3.05) is 19.6 Å². The van der Waals surface area contributed by atoms with Crippen LogP contribution in [-0.4, -0.2) is 40.8 Å². The number of thiophene rings is 1. The number of hydrogen-bond donors (Lipinski definition) is 1. The second kappa shape index (κ2) is 7.32. The zero-order chi connectivity index (χ0) is 17.1. The third-order valence-corrected chi connectivity index (χ3v) is 5.53. The average Bonchev–Trinajstić information content (AvgIpc) is 3.28. The van der Waals surface area contributed by atoms with E-state index >= 15 is 0 Å². The van der Waals surface area contributed by atoms with Crippen molar-refractivity contribution in [1.82, 2.24) is 14.8 Å². The van der Waals surface area contributed by atoms with E-state index in [1.54, 1.807) is 35.2 Å². The minimum absolute atomic E-state index is 0.0295. The highest BCUT2D eigenvalue weighted by molar-refractivity contribution is 7.10. The first-order valence-electron chi connectivity index (χ1n) is 8.29. The molecule has 3 heterocycles. The first-order valence-corrected chi connectivity index (χ1v) is 9.17. The van der Waals surface area contributed by atoms with E-state index in [4.69, 9.17) is 0 Å². The first-order chi connectivity index (χ1) is 11.6. The Balaban J connectivity index is 1.70. The van der Waals surface area contributed by atoms with E-state index in [0.717, 1.165) is 13.1 Å². The maximum Gasteiger partial charge on any atom is 0.267 e. The molecule has 24 heavy (non-hydrogen) atoms. The Labute approximate surface area is 146 Å². The maximum absolute atomic E-state index is 12.5. The highest BCUT2D eigenvalue weighted by Gasteiger charge is 2.25. The van der Waals surface area contributed by atoms with Crippen LogP contribution >= 0.6 is 11.3 Å². The molecular weight excluding hydrogens is 322 g/mol. The lowest BCUT2D eigenvalue weighted by atomic mass is 10.2. The van der Waals surface area contributed by atoms with E-state index in [9.17, 15) is 9.59 Å². The largest absolute Gasteiger partial charge is 0.349 e. The van der Waals surface area contributed by atoms with Crippen LogP contribution in [-0.2, 0) is 7.05 Å². The number of aromatic nitrogens is 1. The summed E-state index contributed by atoms with van der Waals surface area (Å²) in [6.07, 6.45) is 4.14. The van der Waals surface area contributed by atoms with Crippen molar-refractivity contribution in [3.05, 3.63) is 45.9 Å². The maximum atomic E-state index is 12.5. The molecule has 2 aromatic heterocycles. The van der Waals surface area contributed by atoms with Crippen LogP contribution in [0.15, 0.2) is 29.8 Å². The van der Waals surface area contributed by atoms with Gasteiger partial charge in [-0.25, -0.2) is 0 Å². The molecule has 3 rings (SSSR count). The molecule has 0 radical (unpaired) electrons. The lowest BCUT2D eigenvalue weighted by molar-refractivity contribution is 0.0930. The summed E-state index contributed by atoms with van der Waals surface area (Å²) in [5.74, 6) is -0.163. The van der Waals surface area contributed by atoms with Gasteiger partial charge in [-0.05, 0) is 50.4 Å². The number of ketones is 1. The van der Waals surface area contributed by atoms with E-state index in [-0.39, 0.29) is 17.7 Å². The second-order valence-electron chi connectivity index (χ2n) is 6.27. The third kappa shape index (κ3) is 3.60. The molecule has 6 heteroatoms. The fourth-order valence-corrected chi connectivity index (χ4v) is 4.07. The third-order valence-electron chi connectivity index (χ3n) is 4.55. The van der Waals surface area contributed by atoms with Gasteiger partial charge in [-0.3, -0.25) is 14.5 Å². The molecule has 1 fully saturated rings.